The number of hydrogen-bond donors (Lipinski definition) is 0. The van der Waals surface area contributed by atoms with Crippen LogP contribution in [0, 0.1) is 0 Å². The zero-order valence-electron chi connectivity index (χ0n) is 24.0. The summed E-state index contributed by atoms with van der Waals surface area (Å²) in [5.74, 6) is 0. The van der Waals surface area contributed by atoms with Crippen LogP contribution in [-0.2, 0) is 0 Å². The van der Waals surface area contributed by atoms with Crippen LogP contribution in [0.5, 0.6) is 0 Å². The summed E-state index contributed by atoms with van der Waals surface area (Å²) in [6, 6.07) is 0. The third-order valence-electron chi connectivity index (χ3n) is 7.60. The summed E-state index contributed by atoms with van der Waals surface area (Å²) < 4.78 is 2.39. The summed E-state index contributed by atoms with van der Waals surface area (Å²) in [5.41, 5.74) is 0. The van der Waals surface area contributed by atoms with Gasteiger partial charge < -0.3 is 0 Å². The minimum atomic E-state index is -0.261. The average molecular weight is 570 g/mol. The standard InChI is InChI=1S/2C16H33.Sn/c2*1-3-5-7-9-11-13-15-16-14-12-10-8-6-4-2;/h2*15H,3-14,16H2,1-2H3;. The van der Waals surface area contributed by atoms with Crippen molar-refractivity contribution in [1.29, 1.82) is 0 Å². The van der Waals surface area contributed by atoms with E-state index in [0.29, 0.717) is 0 Å². The molecule has 0 aromatic rings. The van der Waals surface area contributed by atoms with E-state index in [4.69, 9.17) is 0 Å². The third kappa shape index (κ3) is 25.7. The Kier molecular flexibility index (Phi) is 29.7. The fourth-order valence-corrected chi connectivity index (χ4v) is 11.4. The second-order valence-corrected chi connectivity index (χ2v) is 16.7. The molecule has 0 saturated carbocycles. The zero-order chi connectivity index (χ0) is 24.2. The number of hydrogen-bond acceptors (Lipinski definition) is 0. The second-order valence-electron chi connectivity index (χ2n) is 11.1. The summed E-state index contributed by atoms with van der Waals surface area (Å²) in [6.07, 6.45) is 39.0. The Morgan fingerprint density at radius 3 is 0.758 bits per heavy atom. The second kappa shape index (κ2) is 29.0. The molecule has 0 amide bonds. The van der Waals surface area contributed by atoms with Gasteiger partial charge in [0.25, 0.3) is 0 Å². The van der Waals surface area contributed by atoms with Crippen molar-refractivity contribution in [3.05, 3.63) is 0 Å². The van der Waals surface area contributed by atoms with Crippen LogP contribution in [0.1, 0.15) is 195 Å². The molecule has 0 rings (SSSR count). The van der Waals surface area contributed by atoms with E-state index in [1.807, 2.05) is 0 Å². The van der Waals surface area contributed by atoms with Crippen molar-refractivity contribution in [3.8, 4) is 0 Å². The van der Waals surface area contributed by atoms with Crippen LogP contribution in [0.25, 0.3) is 0 Å². The first-order chi connectivity index (χ1) is 16.3. The van der Waals surface area contributed by atoms with Crippen LogP contribution in [0.2, 0.25) is 7.87 Å². The van der Waals surface area contributed by atoms with Gasteiger partial charge in [-0.3, -0.25) is 0 Å². The Morgan fingerprint density at radius 1 is 0.303 bits per heavy atom. The molecule has 0 aliphatic rings. The Bertz CT molecular complexity index is 307. The van der Waals surface area contributed by atoms with Crippen LogP contribution in [0.15, 0.2) is 0 Å². The van der Waals surface area contributed by atoms with Crippen molar-refractivity contribution in [1.82, 2.24) is 0 Å². The molecule has 0 N–H and O–H groups in total. The van der Waals surface area contributed by atoms with E-state index in [1.165, 1.54) is 123 Å². The van der Waals surface area contributed by atoms with Gasteiger partial charge in [0.15, 0.2) is 0 Å². The molecule has 1 heteroatoms. The molecular formula is C32H66Sn. The Morgan fingerprint density at radius 2 is 0.515 bits per heavy atom. The molecule has 2 atom stereocenters. The first-order valence-electron chi connectivity index (χ1n) is 16.0. The van der Waals surface area contributed by atoms with Crippen LogP contribution >= 0.6 is 0 Å². The van der Waals surface area contributed by atoms with Gasteiger partial charge in [-0.25, -0.2) is 0 Å². The van der Waals surface area contributed by atoms with Crippen LogP contribution < -0.4 is 0 Å². The van der Waals surface area contributed by atoms with Gasteiger partial charge in [-0.05, 0) is 0 Å². The summed E-state index contributed by atoms with van der Waals surface area (Å²) in [4.78, 5) is 0. The van der Waals surface area contributed by atoms with Crippen molar-refractivity contribution in [2.75, 3.05) is 0 Å². The van der Waals surface area contributed by atoms with Gasteiger partial charge in [0.05, 0.1) is 0 Å². The fourth-order valence-electron chi connectivity index (χ4n) is 5.29. The third-order valence-corrected chi connectivity index (χ3v) is 13.6. The summed E-state index contributed by atoms with van der Waals surface area (Å²) in [5, 5.41) is 0. The van der Waals surface area contributed by atoms with Crippen LogP contribution in [0.3, 0.4) is 0 Å². The molecule has 0 fully saturated rings. The monoisotopic (exact) mass is 570 g/mol. The molecular weight excluding hydrogens is 503 g/mol. The molecule has 0 spiro atoms. The molecule has 33 heavy (non-hydrogen) atoms. The van der Waals surface area contributed by atoms with Crippen molar-refractivity contribution < 1.29 is 0 Å². The molecule has 0 aromatic heterocycles. The van der Waals surface area contributed by atoms with E-state index in [0.717, 1.165) is 0 Å². The first kappa shape index (κ1) is 33.8. The van der Waals surface area contributed by atoms with E-state index < -0.39 is 0 Å². The molecule has 2 radical (unpaired) electrons. The van der Waals surface area contributed by atoms with Gasteiger partial charge in [-0.1, -0.05) is 0 Å². The molecule has 0 aromatic carbocycles. The fraction of sp³-hybridized carbons (Fsp3) is 1.00. The summed E-state index contributed by atoms with van der Waals surface area (Å²) in [7, 11) is 0. The molecule has 2 unspecified atom stereocenters. The van der Waals surface area contributed by atoms with Crippen molar-refractivity contribution in [2.24, 2.45) is 0 Å². The minimum absolute atomic E-state index is 0.261. The molecule has 0 aliphatic heterocycles. The molecule has 0 aliphatic carbocycles. The maximum absolute atomic E-state index is 2.35. The first-order valence-corrected chi connectivity index (χ1v) is 19.3. The predicted octanol–water partition coefficient (Wildman–Crippen LogP) is 12.5. The molecule has 0 heterocycles. The van der Waals surface area contributed by atoms with Gasteiger partial charge in [0.1, 0.15) is 0 Å². The van der Waals surface area contributed by atoms with Crippen molar-refractivity contribution in [3.63, 3.8) is 0 Å². The van der Waals surface area contributed by atoms with E-state index in [1.54, 1.807) is 51.4 Å². The molecule has 0 bridgehead atoms. The summed E-state index contributed by atoms with van der Waals surface area (Å²) >= 11 is -0.261. The average Bonchev–Trinajstić information content (AvgIpc) is 2.82. The van der Waals surface area contributed by atoms with Gasteiger partial charge >= 0.3 is 224 Å². The van der Waals surface area contributed by atoms with Gasteiger partial charge in [0, 0.05) is 0 Å². The SMILES string of the molecule is CCCCCCCC[CH](CCCCCCC)[Sn][CH](CCCCCCC)CCCCCCCC. The van der Waals surface area contributed by atoms with E-state index in [2.05, 4.69) is 27.7 Å². The number of unbranched alkanes of at least 4 members (excludes halogenated alkanes) is 18. The van der Waals surface area contributed by atoms with Crippen molar-refractivity contribution >= 4 is 21.1 Å². The Balaban J connectivity index is 4.54. The molecule has 198 valence electrons. The Labute approximate surface area is 222 Å². The van der Waals surface area contributed by atoms with E-state index in [-0.39, 0.29) is 21.1 Å². The number of rotatable bonds is 28. The van der Waals surface area contributed by atoms with Gasteiger partial charge in [0.2, 0.25) is 0 Å². The van der Waals surface area contributed by atoms with Crippen LogP contribution in [0.4, 0.5) is 0 Å². The van der Waals surface area contributed by atoms with Gasteiger partial charge in [-0.2, -0.15) is 0 Å². The normalized spacial score (nSPS) is 13.5. The quantitative estimate of drug-likeness (QED) is 0.0649. The van der Waals surface area contributed by atoms with Gasteiger partial charge in [-0.15, -0.1) is 0 Å². The molecule has 0 saturated heterocycles. The maximum atomic E-state index is 2.35. The zero-order valence-corrected chi connectivity index (χ0v) is 26.9. The summed E-state index contributed by atoms with van der Waals surface area (Å²) in [6.45, 7) is 9.38. The molecule has 0 nitrogen and oxygen atoms in total. The Hall–Kier alpha value is 0.799. The topological polar surface area (TPSA) is 0 Å². The predicted molar refractivity (Wildman–Crippen MR) is 156 cm³/mol. The van der Waals surface area contributed by atoms with Crippen molar-refractivity contribution in [2.45, 2.75) is 203 Å². The van der Waals surface area contributed by atoms with Crippen LogP contribution in [-0.4, -0.2) is 21.1 Å². The van der Waals surface area contributed by atoms with E-state index in [9.17, 15) is 0 Å². The van der Waals surface area contributed by atoms with E-state index >= 15 is 0 Å².